The molecule has 2 aromatic heterocycles. The molecule has 8 heteroatoms. The van der Waals surface area contributed by atoms with Crippen molar-refractivity contribution in [2.75, 3.05) is 11.3 Å². The number of nitrogens with one attached hydrogen (secondary N) is 1. The molecule has 0 radical (unpaired) electrons. The van der Waals surface area contributed by atoms with E-state index >= 15 is 0 Å². The van der Waals surface area contributed by atoms with Gasteiger partial charge in [0.15, 0.2) is 4.96 Å². The van der Waals surface area contributed by atoms with Crippen molar-refractivity contribution < 1.29 is 13.2 Å². The molecule has 0 amide bonds. The number of rotatable bonds is 6. The van der Waals surface area contributed by atoms with Crippen molar-refractivity contribution in [2.24, 2.45) is 0 Å². The van der Waals surface area contributed by atoms with Crippen LogP contribution in [0.5, 0.6) is 5.75 Å². The summed E-state index contributed by atoms with van der Waals surface area (Å²) >= 11 is 1.53. The highest BCUT2D eigenvalue weighted by atomic mass is 32.2. The number of thiazole rings is 1. The van der Waals surface area contributed by atoms with Crippen molar-refractivity contribution in [1.29, 1.82) is 0 Å². The van der Waals surface area contributed by atoms with Crippen LogP contribution in [-0.4, -0.2) is 24.4 Å². The third-order valence-corrected chi connectivity index (χ3v) is 6.43. The van der Waals surface area contributed by atoms with Gasteiger partial charge >= 0.3 is 0 Å². The zero-order valence-electron chi connectivity index (χ0n) is 15.4. The summed E-state index contributed by atoms with van der Waals surface area (Å²) in [6, 6.07) is 12.1. The van der Waals surface area contributed by atoms with E-state index in [0.717, 1.165) is 16.1 Å². The predicted octanol–water partition coefficient (Wildman–Crippen LogP) is 4.57. The molecule has 4 aromatic rings. The van der Waals surface area contributed by atoms with Gasteiger partial charge in [-0.1, -0.05) is 18.2 Å². The van der Waals surface area contributed by atoms with Gasteiger partial charge in [0.2, 0.25) is 0 Å². The second kappa shape index (κ2) is 7.29. The Morgan fingerprint density at radius 1 is 1.21 bits per heavy atom. The fraction of sp³-hybridized carbons (Fsp3) is 0.150. The normalized spacial score (nSPS) is 11.6. The molecule has 0 spiro atoms. The topological polar surface area (TPSA) is 72.7 Å². The van der Waals surface area contributed by atoms with Crippen LogP contribution in [0.2, 0.25) is 0 Å². The second-order valence-electron chi connectivity index (χ2n) is 6.23. The summed E-state index contributed by atoms with van der Waals surface area (Å²) in [7, 11) is -3.75. The van der Waals surface area contributed by atoms with E-state index in [1.807, 2.05) is 48.2 Å². The first-order valence-corrected chi connectivity index (χ1v) is 11.1. The van der Waals surface area contributed by atoms with E-state index in [-0.39, 0.29) is 4.90 Å². The van der Waals surface area contributed by atoms with Gasteiger partial charge in [-0.25, -0.2) is 13.4 Å². The number of hydrogen-bond donors (Lipinski definition) is 1. The van der Waals surface area contributed by atoms with Crippen LogP contribution >= 0.6 is 11.3 Å². The van der Waals surface area contributed by atoms with Crippen molar-refractivity contribution in [3.05, 3.63) is 65.8 Å². The highest BCUT2D eigenvalue weighted by Gasteiger charge is 2.19. The lowest BCUT2D eigenvalue weighted by atomic mass is 10.1. The second-order valence-corrected chi connectivity index (χ2v) is 8.79. The zero-order valence-corrected chi connectivity index (χ0v) is 17.0. The summed E-state index contributed by atoms with van der Waals surface area (Å²) in [6.07, 6.45) is 3.81. The number of nitrogens with zero attached hydrogens (tertiary/aromatic N) is 2. The van der Waals surface area contributed by atoms with Crippen LogP contribution in [0.15, 0.2) is 65.1 Å². The maximum Gasteiger partial charge on any atom is 0.261 e. The van der Waals surface area contributed by atoms with Gasteiger partial charge in [-0.15, -0.1) is 11.3 Å². The Balaban J connectivity index is 1.69. The minimum absolute atomic E-state index is 0.189. The first kappa shape index (κ1) is 18.5. The molecule has 0 unspecified atom stereocenters. The molecule has 28 heavy (non-hydrogen) atoms. The first-order valence-electron chi connectivity index (χ1n) is 8.76. The third-order valence-electron chi connectivity index (χ3n) is 4.30. The van der Waals surface area contributed by atoms with Gasteiger partial charge in [0.25, 0.3) is 10.0 Å². The Morgan fingerprint density at radius 2 is 2.04 bits per heavy atom. The highest BCUT2D eigenvalue weighted by Crippen LogP contribution is 2.31. The van der Waals surface area contributed by atoms with Crippen molar-refractivity contribution in [2.45, 2.75) is 18.7 Å². The molecule has 0 atom stereocenters. The molecule has 0 saturated carbocycles. The Morgan fingerprint density at radius 3 is 2.79 bits per heavy atom. The minimum atomic E-state index is -3.75. The fourth-order valence-corrected chi connectivity index (χ4v) is 4.83. The van der Waals surface area contributed by atoms with Gasteiger partial charge in [-0.05, 0) is 43.7 Å². The number of para-hydroxylation sites is 1. The van der Waals surface area contributed by atoms with Crippen LogP contribution in [0, 0.1) is 6.92 Å². The number of imidazole rings is 1. The van der Waals surface area contributed by atoms with Crippen LogP contribution in [0.25, 0.3) is 16.2 Å². The molecular formula is C20H19N3O3S2. The number of aryl methyl sites for hydroxylation is 1. The molecule has 0 aliphatic rings. The summed E-state index contributed by atoms with van der Waals surface area (Å²) in [4.78, 5) is 5.63. The van der Waals surface area contributed by atoms with Gasteiger partial charge in [-0.2, -0.15) is 0 Å². The van der Waals surface area contributed by atoms with E-state index in [4.69, 9.17) is 4.74 Å². The summed E-state index contributed by atoms with van der Waals surface area (Å²) in [5, 5.41) is 1.95. The van der Waals surface area contributed by atoms with Crippen molar-refractivity contribution >= 4 is 32.0 Å². The van der Waals surface area contributed by atoms with E-state index < -0.39 is 10.0 Å². The molecule has 2 aromatic carbocycles. The van der Waals surface area contributed by atoms with Gasteiger partial charge < -0.3 is 4.74 Å². The summed E-state index contributed by atoms with van der Waals surface area (Å²) < 4.78 is 36.0. The molecule has 2 heterocycles. The molecule has 6 nitrogen and oxygen atoms in total. The van der Waals surface area contributed by atoms with Gasteiger partial charge in [0, 0.05) is 23.3 Å². The molecule has 1 N–H and O–H groups in total. The first-order chi connectivity index (χ1) is 13.5. The summed E-state index contributed by atoms with van der Waals surface area (Å²) in [6.45, 7) is 4.25. The minimum Gasteiger partial charge on any atom is -0.494 e. The lowest BCUT2D eigenvalue weighted by Gasteiger charge is -2.13. The molecule has 0 aliphatic heterocycles. The summed E-state index contributed by atoms with van der Waals surface area (Å²) in [5.41, 5.74) is 2.70. The lowest BCUT2D eigenvalue weighted by molar-refractivity contribution is 0.337. The number of aromatic nitrogens is 2. The van der Waals surface area contributed by atoms with E-state index in [9.17, 15) is 8.42 Å². The molecule has 0 bridgehead atoms. The molecule has 4 rings (SSSR count). The molecule has 144 valence electrons. The van der Waals surface area contributed by atoms with Crippen LogP contribution in [-0.2, 0) is 10.0 Å². The molecular weight excluding hydrogens is 394 g/mol. The summed E-state index contributed by atoms with van der Waals surface area (Å²) in [5.74, 6) is 0.680. The monoisotopic (exact) mass is 413 g/mol. The Bertz CT molecular complexity index is 1210. The van der Waals surface area contributed by atoms with Crippen molar-refractivity contribution in [3.8, 4) is 17.0 Å². The number of anilines is 1. The Labute approximate surface area is 167 Å². The Kier molecular flexibility index (Phi) is 4.82. The fourth-order valence-electron chi connectivity index (χ4n) is 2.96. The van der Waals surface area contributed by atoms with Crippen molar-refractivity contribution in [1.82, 2.24) is 9.38 Å². The lowest BCUT2D eigenvalue weighted by Crippen LogP contribution is -2.14. The molecule has 0 saturated heterocycles. The Hall–Kier alpha value is -2.84. The van der Waals surface area contributed by atoms with Crippen molar-refractivity contribution in [3.63, 3.8) is 0 Å². The third kappa shape index (κ3) is 3.48. The van der Waals surface area contributed by atoms with Crippen LogP contribution in [0.3, 0.4) is 0 Å². The van der Waals surface area contributed by atoms with Gasteiger partial charge in [0.1, 0.15) is 5.75 Å². The molecule has 0 aliphatic carbocycles. The predicted molar refractivity (Wildman–Crippen MR) is 112 cm³/mol. The van der Waals surface area contributed by atoms with Gasteiger partial charge in [-0.3, -0.25) is 9.12 Å². The zero-order chi connectivity index (χ0) is 19.7. The quantitative estimate of drug-likeness (QED) is 0.502. The molecule has 0 fully saturated rings. The SMILES string of the molecule is CCOc1ccc(S(=O)(=O)Nc2ccccc2-c2cn3ccsc3n2)cc1C. The highest BCUT2D eigenvalue weighted by molar-refractivity contribution is 7.92. The van der Waals surface area contributed by atoms with E-state index in [0.29, 0.717) is 23.7 Å². The van der Waals surface area contributed by atoms with E-state index in [1.165, 1.54) is 11.3 Å². The average Bonchev–Trinajstić information content (AvgIpc) is 3.25. The standard InChI is InChI=1S/C20H19N3O3S2/c1-3-26-19-9-8-15(12-14(19)2)28(24,25)22-17-7-5-4-6-16(17)18-13-23-10-11-27-20(23)21-18/h4-13,22H,3H2,1-2H3. The van der Waals surface area contributed by atoms with Crippen LogP contribution in [0.1, 0.15) is 12.5 Å². The number of ether oxygens (including phenoxy) is 1. The maximum atomic E-state index is 13.0. The van der Waals surface area contributed by atoms with Crippen LogP contribution < -0.4 is 9.46 Å². The van der Waals surface area contributed by atoms with Gasteiger partial charge in [0.05, 0.1) is 22.9 Å². The smallest absolute Gasteiger partial charge is 0.261 e. The average molecular weight is 414 g/mol. The van der Waals surface area contributed by atoms with E-state index in [2.05, 4.69) is 9.71 Å². The number of hydrogen-bond acceptors (Lipinski definition) is 5. The van der Waals surface area contributed by atoms with Crippen LogP contribution in [0.4, 0.5) is 5.69 Å². The number of fused-ring (bicyclic) bond motifs is 1. The maximum absolute atomic E-state index is 13.0. The van der Waals surface area contributed by atoms with E-state index in [1.54, 1.807) is 30.3 Å². The number of benzene rings is 2. The largest absolute Gasteiger partial charge is 0.494 e. The number of sulfonamides is 1.